The second-order valence-corrected chi connectivity index (χ2v) is 5.28. The van der Waals surface area contributed by atoms with E-state index >= 15 is 0 Å². The van der Waals surface area contributed by atoms with Gasteiger partial charge >= 0.3 is 0 Å². The summed E-state index contributed by atoms with van der Waals surface area (Å²) in [6, 6.07) is 6.69. The van der Waals surface area contributed by atoms with Gasteiger partial charge in [-0.05, 0) is 12.1 Å². The van der Waals surface area contributed by atoms with E-state index in [1.807, 2.05) is 0 Å². The summed E-state index contributed by atoms with van der Waals surface area (Å²) < 4.78 is 0. The molecule has 2 rings (SSSR count). The Morgan fingerprint density at radius 2 is 2.13 bits per heavy atom. The number of thiazole rings is 1. The van der Waals surface area contributed by atoms with Crippen molar-refractivity contribution in [2.75, 3.05) is 24.7 Å². The molecule has 0 bridgehead atoms. The summed E-state index contributed by atoms with van der Waals surface area (Å²) in [6.45, 7) is -0.0926. The van der Waals surface area contributed by atoms with Crippen LogP contribution < -0.4 is 16.8 Å². The van der Waals surface area contributed by atoms with Crippen LogP contribution in [0.2, 0.25) is 0 Å². The highest BCUT2D eigenvalue weighted by Gasteiger charge is 2.22. The van der Waals surface area contributed by atoms with Gasteiger partial charge in [-0.15, -0.1) is 11.3 Å². The number of carbonyl (C=O) groups is 2. The summed E-state index contributed by atoms with van der Waals surface area (Å²) in [4.78, 5) is 32.5. The van der Waals surface area contributed by atoms with Gasteiger partial charge in [-0.3, -0.25) is 9.59 Å². The predicted molar refractivity (Wildman–Crippen MR) is 88.5 cm³/mol. The predicted octanol–water partition coefficient (Wildman–Crippen LogP) is 0.856. The minimum atomic E-state index is -0.537. The molecule has 1 amide bonds. The molecule has 0 spiro atoms. The number of aromatic nitrogens is 1. The number of nitrogens with zero attached hydrogens (tertiary/aromatic N) is 2. The smallest absolute Gasteiger partial charge is 0.236 e. The van der Waals surface area contributed by atoms with E-state index in [4.69, 9.17) is 16.3 Å². The Labute approximate surface area is 136 Å². The number of oxime groups is 1. The molecule has 9 heteroatoms. The first kappa shape index (κ1) is 16.4. The Morgan fingerprint density at radius 1 is 1.39 bits per heavy atom. The van der Waals surface area contributed by atoms with Crippen LogP contribution in [0.4, 0.5) is 10.8 Å². The zero-order chi connectivity index (χ0) is 16.8. The molecule has 1 aromatic heterocycles. The van der Waals surface area contributed by atoms with E-state index in [2.05, 4.69) is 15.5 Å². The van der Waals surface area contributed by atoms with Gasteiger partial charge in [0.05, 0.1) is 6.54 Å². The van der Waals surface area contributed by atoms with E-state index in [1.54, 1.807) is 29.6 Å². The Morgan fingerprint density at radius 3 is 2.74 bits per heavy atom. The van der Waals surface area contributed by atoms with Crippen molar-refractivity contribution in [3.05, 3.63) is 40.9 Å². The molecule has 0 fully saturated rings. The first-order valence-electron chi connectivity index (χ1n) is 6.51. The summed E-state index contributed by atoms with van der Waals surface area (Å²) in [5.41, 5.74) is 11.8. The zero-order valence-corrected chi connectivity index (χ0v) is 13.1. The molecule has 0 saturated carbocycles. The normalized spacial score (nSPS) is 11.1. The van der Waals surface area contributed by atoms with Crippen LogP contribution in [0, 0.1) is 0 Å². The number of rotatable bonds is 7. The van der Waals surface area contributed by atoms with Gasteiger partial charge in [0.2, 0.25) is 11.7 Å². The molecule has 0 aliphatic carbocycles. The third-order valence-corrected chi connectivity index (χ3v) is 3.46. The van der Waals surface area contributed by atoms with Crippen LogP contribution in [-0.4, -0.2) is 36.0 Å². The lowest BCUT2D eigenvalue weighted by Crippen LogP contribution is -2.24. The van der Waals surface area contributed by atoms with E-state index in [1.165, 1.54) is 18.4 Å². The first-order valence-corrected chi connectivity index (χ1v) is 7.39. The minimum Gasteiger partial charge on any atom is -0.398 e. The lowest BCUT2D eigenvalue weighted by molar-refractivity contribution is -0.116. The molecule has 2 aromatic rings. The molecule has 1 aromatic carbocycles. The maximum Gasteiger partial charge on any atom is 0.236 e. The number of hydrogen-bond donors (Lipinski definition) is 3. The van der Waals surface area contributed by atoms with Gasteiger partial charge in [0.1, 0.15) is 12.8 Å². The number of anilines is 2. The SMILES string of the molecule is CO/N=C(\C(=O)c1ccccc1NCC(N)=O)c1csc(N)n1. The summed E-state index contributed by atoms with van der Waals surface area (Å²) in [7, 11) is 1.33. The summed E-state index contributed by atoms with van der Waals surface area (Å²) >= 11 is 1.19. The van der Waals surface area contributed by atoms with Crippen LogP contribution in [0.5, 0.6) is 0 Å². The molecule has 0 saturated heterocycles. The molecule has 5 N–H and O–H groups in total. The molecule has 0 unspecified atom stereocenters. The van der Waals surface area contributed by atoms with Crippen molar-refractivity contribution in [2.24, 2.45) is 10.9 Å². The number of Topliss-reactive ketones (excluding diaryl/α,β-unsaturated/α-hetero) is 1. The topological polar surface area (TPSA) is 133 Å². The maximum absolute atomic E-state index is 12.8. The van der Waals surface area contributed by atoms with Crippen molar-refractivity contribution < 1.29 is 14.4 Å². The largest absolute Gasteiger partial charge is 0.398 e. The number of para-hydroxylation sites is 1. The fourth-order valence-corrected chi connectivity index (χ4v) is 2.39. The summed E-state index contributed by atoms with van der Waals surface area (Å²) in [5, 5.41) is 8.50. The van der Waals surface area contributed by atoms with Gasteiger partial charge in [0.25, 0.3) is 0 Å². The minimum absolute atomic E-state index is 0.0220. The Bertz CT molecular complexity index is 756. The Hall–Kier alpha value is -2.94. The second-order valence-electron chi connectivity index (χ2n) is 4.39. The monoisotopic (exact) mass is 333 g/mol. The lowest BCUT2D eigenvalue weighted by Gasteiger charge is -2.10. The molecule has 0 aliphatic heterocycles. The van der Waals surface area contributed by atoms with E-state index in [9.17, 15) is 9.59 Å². The highest BCUT2D eigenvalue weighted by molar-refractivity contribution is 7.13. The molecular formula is C14H15N5O3S. The molecule has 8 nitrogen and oxygen atoms in total. The number of nitrogens with two attached hydrogens (primary N) is 2. The first-order chi connectivity index (χ1) is 11.0. The van der Waals surface area contributed by atoms with Crippen molar-refractivity contribution in [2.45, 2.75) is 0 Å². The van der Waals surface area contributed by atoms with Crippen LogP contribution in [0.1, 0.15) is 16.1 Å². The average molecular weight is 333 g/mol. The molecule has 0 aliphatic rings. The summed E-state index contributed by atoms with van der Waals surface area (Å²) in [6.07, 6.45) is 0. The van der Waals surface area contributed by atoms with Crippen molar-refractivity contribution in [3.8, 4) is 0 Å². The number of ketones is 1. The number of nitrogen functional groups attached to an aromatic ring is 1. The van der Waals surface area contributed by atoms with Crippen LogP contribution >= 0.6 is 11.3 Å². The molecule has 0 atom stereocenters. The molecule has 23 heavy (non-hydrogen) atoms. The number of nitrogens with one attached hydrogen (secondary N) is 1. The Kier molecular flexibility index (Phi) is 5.26. The van der Waals surface area contributed by atoms with E-state index in [0.29, 0.717) is 22.1 Å². The number of primary amides is 1. The third-order valence-electron chi connectivity index (χ3n) is 2.79. The number of amides is 1. The van der Waals surface area contributed by atoms with Crippen LogP contribution in [0.15, 0.2) is 34.8 Å². The quantitative estimate of drug-likeness (QED) is 0.391. The Balaban J connectivity index is 2.37. The highest BCUT2D eigenvalue weighted by atomic mass is 32.1. The van der Waals surface area contributed by atoms with Crippen molar-refractivity contribution in [1.29, 1.82) is 0 Å². The highest BCUT2D eigenvalue weighted by Crippen LogP contribution is 2.20. The zero-order valence-electron chi connectivity index (χ0n) is 12.3. The fourth-order valence-electron chi connectivity index (χ4n) is 1.84. The maximum atomic E-state index is 12.8. The molecule has 120 valence electrons. The van der Waals surface area contributed by atoms with Gasteiger partial charge in [0, 0.05) is 16.6 Å². The summed E-state index contributed by atoms with van der Waals surface area (Å²) in [5.74, 6) is -0.949. The van der Waals surface area contributed by atoms with E-state index in [0.717, 1.165) is 0 Å². The number of hydrogen-bond acceptors (Lipinski definition) is 8. The van der Waals surface area contributed by atoms with Gasteiger partial charge in [-0.2, -0.15) is 0 Å². The number of carbonyl (C=O) groups excluding carboxylic acids is 2. The second kappa shape index (κ2) is 7.36. The fraction of sp³-hybridized carbons (Fsp3) is 0.143. The molecular weight excluding hydrogens is 318 g/mol. The van der Waals surface area contributed by atoms with Crippen molar-refractivity contribution in [3.63, 3.8) is 0 Å². The molecule has 0 radical (unpaired) electrons. The van der Waals surface area contributed by atoms with Gasteiger partial charge in [-0.1, -0.05) is 17.3 Å². The lowest BCUT2D eigenvalue weighted by atomic mass is 10.0. The van der Waals surface area contributed by atoms with E-state index < -0.39 is 11.7 Å². The van der Waals surface area contributed by atoms with Crippen LogP contribution in [0.25, 0.3) is 0 Å². The number of benzene rings is 1. The third kappa shape index (κ3) is 4.04. The van der Waals surface area contributed by atoms with Crippen molar-refractivity contribution >= 4 is 39.6 Å². The van der Waals surface area contributed by atoms with Crippen molar-refractivity contribution in [1.82, 2.24) is 4.98 Å². The standard InChI is InChI=1S/C14H15N5O3S/c1-22-19-12(10-7-23-14(16)18-10)13(21)8-4-2-3-5-9(8)17-6-11(15)20/h2-5,7,17H,6H2,1H3,(H2,15,20)(H2,16,18)/b19-12-. The average Bonchev–Trinajstić information content (AvgIpc) is 2.96. The van der Waals surface area contributed by atoms with Gasteiger partial charge in [0.15, 0.2) is 10.8 Å². The molecule has 1 heterocycles. The van der Waals surface area contributed by atoms with Crippen LogP contribution in [-0.2, 0) is 9.63 Å². The van der Waals surface area contributed by atoms with Gasteiger partial charge in [-0.25, -0.2) is 4.98 Å². The van der Waals surface area contributed by atoms with E-state index in [-0.39, 0.29) is 12.3 Å². The van der Waals surface area contributed by atoms with Crippen LogP contribution in [0.3, 0.4) is 0 Å². The van der Waals surface area contributed by atoms with Gasteiger partial charge < -0.3 is 21.6 Å².